The van der Waals surface area contributed by atoms with Crippen molar-refractivity contribution in [2.24, 2.45) is 0 Å². The predicted octanol–water partition coefficient (Wildman–Crippen LogP) is 12.6. The summed E-state index contributed by atoms with van der Waals surface area (Å²) in [7, 11) is 0. The van der Waals surface area contributed by atoms with Gasteiger partial charge >= 0.3 is 0 Å². The molecule has 10 aromatic rings. The zero-order chi connectivity index (χ0) is 33.9. The van der Waals surface area contributed by atoms with E-state index in [2.05, 4.69) is 149 Å². The van der Waals surface area contributed by atoms with E-state index >= 15 is 0 Å². The number of fused-ring (bicyclic) bond motifs is 6. The zero-order valence-corrected chi connectivity index (χ0v) is 27.9. The summed E-state index contributed by atoms with van der Waals surface area (Å²) in [5.41, 5.74) is 12.8. The molecule has 248 valence electrons. The number of rotatable bonds is 5. The van der Waals surface area contributed by atoms with E-state index < -0.39 is 0 Å². The van der Waals surface area contributed by atoms with E-state index in [0.29, 0.717) is 0 Å². The highest BCUT2D eigenvalue weighted by atomic mass is 19.1. The van der Waals surface area contributed by atoms with E-state index in [9.17, 15) is 4.39 Å². The van der Waals surface area contributed by atoms with E-state index in [0.717, 1.165) is 50.5 Å². The van der Waals surface area contributed by atoms with E-state index in [1.54, 1.807) is 12.1 Å². The van der Waals surface area contributed by atoms with Crippen molar-refractivity contribution in [3.05, 3.63) is 188 Å². The summed E-state index contributed by atoms with van der Waals surface area (Å²) in [4.78, 5) is 4.98. The van der Waals surface area contributed by atoms with Crippen LogP contribution in [0, 0.1) is 5.82 Å². The molecule has 0 radical (unpaired) electrons. The first-order valence-electron chi connectivity index (χ1n) is 17.2. The van der Waals surface area contributed by atoms with Crippen LogP contribution in [0.1, 0.15) is 0 Å². The minimum absolute atomic E-state index is 0. The lowest BCUT2D eigenvalue weighted by Gasteiger charge is -2.12. The molecule has 0 atom stereocenters. The van der Waals surface area contributed by atoms with Gasteiger partial charge in [-0.05, 0) is 102 Å². The molecule has 5 heteroatoms. The molecule has 0 unspecified atom stereocenters. The highest BCUT2D eigenvalue weighted by Crippen LogP contribution is 2.38. The van der Waals surface area contributed by atoms with Crippen LogP contribution < -0.4 is 0 Å². The first kappa shape index (κ1) is 31.2. The van der Waals surface area contributed by atoms with E-state index in [1.807, 2.05) is 18.2 Å². The molecule has 7 aromatic carbocycles. The van der Waals surface area contributed by atoms with E-state index in [-0.39, 0.29) is 10.5 Å². The summed E-state index contributed by atoms with van der Waals surface area (Å²) < 4.78 is 18.3. The van der Waals surface area contributed by atoms with Crippen LogP contribution in [0.15, 0.2) is 182 Å². The molecule has 0 saturated carbocycles. The monoisotopic (exact) mass is 675 g/mol. The molecule has 0 amide bonds. The van der Waals surface area contributed by atoms with Gasteiger partial charge in [0.1, 0.15) is 5.82 Å². The summed E-state index contributed by atoms with van der Waals surface area (Å²) in [5.74, 6) is -0.256. The molecule has 0 saturated heterocycles. The van der Waals surface area contributed by atoms with Gasteiger partial charge in [-0.1, -0.05) is 91.0 Å². The summed E-state index contributed by atoms with van der Waals surface area (Å²) >= 11 is 0. The first-order chi connectivity index (χ1) is 25.2. The molecule has 0 aliphatic heterocycles. The van der Waals surface area contributed by atoms with Gasteiger partial charge < -0.3 is 9.13 Å². The van der Waals surface area contributed by atoms with Crippen LogP contribution in [0.4, 0.5) is 9.09 Å². The van der Waals surface area contributed by atoms with Crippen molar-refractivity contribution in [3.8, 4) is 45.0 Å². The lowest BCUT2D eigenvalue weighted by molar-refractivity contribution is 0.628. The van der Waals surface area contributed by atoms with E-state index in [4.69, 9.17) is 4.98 Å². The Morgan fingerprint density at radius 1 is 0.346 bits per heavy atom. The van der Waals surface area contributed by atoms with E-state index in [1.165, 1.54) is 50.3 Å². The van der Waals surface area contributed by atoms with Gasteiger partial charge in [0.25, 0.3) is 0 Å². The Kier molecular flexibility index (Phi) is 7.48. The Labute approximate surface area is 298 Å². The van der Waals surface area contributed by atoms with Crippen molar-refractivity contribution in [2.45, 2.75) is 0 Å². The maximum atomic E-state index is 13.6. The van der Waals surface area contributed by atoms with Gasteiger partial charge in [-0.25, -0.2) is 9.37 Å². The molecule has 0 fully saturated rings. The fraction of sp³-hybridized carbons (Fsp3) is 0. The Balaban J connectivity index is 0.00000360. The third kappa shape index (κ3) is 5.05. The number of nitrogens with zero attached hydrogens (tertiary/aromatic N) is 3. The molecule has 52 heavy (non-hydrogen) atoms. The largest absolute Gasteiger partial charge is 0.309 e. The van der Waals surface area contributed by atoms with Gasteiger partial charge in [-0.15, -0.1) is 0 Å². The Morgan fingerprint density at radius 2 is 0.885 bits per heavy atom. The number of pyridine rings is 1. The fourth-order valence-electron chi connectivity index (χ4n) is 7.62. The second-order valence-electron chi connectivity index (χ2n) is 13.0. The molecule has 0 aliphatic rings. The van der Waals surface area contributed by atoms with Gasteiger partial charge in [-0.2, -0.15) is 0 Å². The summed E-state index contributed by atoms with van der Waals surface area (Å²) in [6.45, 7) is 0. The Bertz CT molecular complexity index is 2920. The van der Waals surface area contributed by atoms with Crippen molar-refractivity contribution in [3.63, 3.8) is 0 Å². The van der Waals surface area contributed by atoms with Crippen molar-refractivity contribution in [2.75, 3.05) is 0 Å². The third-order valence-corrected chi connectivity index (χ3v) is 9.98. The molecule has 0 aliphatic carbocycles. The molecule has 10 rings (SSSR count). The maximum absolute atomic E-state index is 13.6. The number of aromatic nitrogens is 3. The van der Waals surface area contributed by atoms with Crippen LogP contribution in [-0.4, -0.2) is 14.1 Å². The van der Waals surface area contributed by atoms with Gasteiger partial charge in [0.05, 0.1) is 33.5 Å². The third-order valence-electron chi connectivity index (χ3n) is 9.98. The lowest BCUT2D eigenvalue weighted by atomic mass is 10.0. The number of benzene rings is 7. The Morgan fingerprint density at radius 3 is 1.65 bits per heavy atom. The first-order valence-corrected chi connectivity index (χ1v) is 17.2. The van der Waals surface area contributed by atoms with Gasteiger partial charge in [0.2, 0.25) is 0 Å². The quantitative estimate of drug-likeness (QED) is 0.178. The average Bonchev–Trinajstić information content (AvgIpc) is 3.71. The fourth-order valence-corrected chi connectivity index (χ4v) is 7.62. The standard InChI is InChI=1S/C47H30FN3.FH/c48-35-24-20-31(21-25-35)42-16-9-17-43(49-42)34-10-8-13-37(28-34)51-44-18-6-4-14-38(44)40-26-22-33(30-47(40)51)32-23-27-46-41(29-32)39-15-5-7-19-45(39)50(46)36-11-2-1-3-12-36;/h1-30H;1H. The molecular weight excluding hydrogens is 645 g/mol. The predicted molar refractivity (Wildman–Crippen MR) is 212 cm³/mol. The topological polar surface area (TPSA) is 22.8 Å². The summed E-state index contributed by atoms with van der Waals surface area (Å²) in [6.07, 6.45) is 0. The van der Waals surface area contributed by atoms with Crippen molar-refractivity contribution in [1.29, 1.82) is 0 Å². The minimum Gasteiger partial charge on any atom is -0.309 e. The SMILES string of the molecule is F.Fc1ccc(-c2cccc(-c3cccc(-n4c5ccccc5c5ccc(-c6ccc7c(c6)c6ccccc6n7-c6ccccc6)cc54)c3)n2)cc1. The van der Waals surface area contributed by atoms with Crippen LogP contribution >= 0.6 is 0 Å². The molecule has 0 bridgehead atoms. The smallest absolute Gasteiger partial charge is 0.123 e. The van der Waals surface area contributed by atoms with Crippen LogP contribution in [-0.2, 0) is 0 Å². The molecular formula is C47H31F2N3. The number of hydrogen-bond donors (Lipinski definition) is 0. The van der Waals surface area contributed by atoms with Crippen LogP contribution in [0.3, 0.4) is 0 Å². The van der Waals surface area contributed by atoms with Gasteiger partial charge in [0, 0.05) is 44.0 Å². The minimum atomic E-state index is -0.256. The number of hydrogen-bond acceptors (Lipinski definition) is 1. The van der Waals surface area contributed by atoms with Crippen LogP contribution in [0.5, 0.6) is 0 Å². The van der Waals surface area contributed by atoms with Crippen molar-refractivity contribution >= 4 is 43.6 Å². The highest BCUT2D eigenvalue weighted by molar-refractivity contribution is 6.12. The van der Waals surface area contributed by atoms with Crippen molar-refractivity contribution < 1.29 is 9.09 Å². The van der Waals surface area contributed by atoms with Gasteiger partial charge in [-0.3, -0.25) is 4.70 Å². The maximum Gasteiger partial charge on any atom is 0.123 e. The second kappa shape index (κ2) is 12.5. The van der Waals surface area contributed by atoms with Crippen molar-refractivity contribution in [1.82, 2.24) is 14.1 Å². The lowest BCUT2D eigenvalue weighted by Crippen LogP contribution is -1.95. The Hall–Kier alpha value is -6.85. The summed E-state index contributed by atoms with van der Waals surface area (Å²) in [5, 5.41) is 4.89. The highest BCUT2D eigenvalue weighted by Gasteiger charge is 2.16. The summed E-state index contributed by atoms with van der Waals surface area (Å²) in [6, 6.07) is 62.6. The zero-order valence-electron chi connectivity index (χ0n) is 27.9. The normalized spacial score (nSPS) is 11.4. The molecule has 0 N–H and O–H groups in total. The van der Waals surface area contributed by atoms with Crippen LogP contribution in [0.25, 0.3) is 88.6 Å². The number of para-hydroxylation sites is 3. The van der Waals surface area contributed by atoms with Gasteiger partial charge in [0.15, 0.2) is 0 Å². The van der Waals surface area contributed by atoms with Crippen LogP contribution in [0.2, 0.25) is 0 Å². The molecule has 3 aromatic heterocycles. The number of halogens is 2. The second-order valence-corrected chi connectivity index (χ2v) is 13.0. The molecule has 3 nitrogen and oxygen atoms in total. The molecule has 3 heterocycles. The molecule has 0 spiro atoms. The average molecular weight is 676 g/mol.